The van der Waals surface area contributed by atoms with Gasteiger partial charge in [0.25, 0.3) is 0 Å². The molecule has 0 radical (unpaired) electrons. The minimum absolute atomic E-state index is 0.337. The third-order valence-electron chi connectivity index (χ3n) is 7.71. The number of hydrogen-bond donors (Lipinski definition) is 2. The molecule has 0 aliphatic heterocycles. The molecule has 0 fully saturated rings. The lowest BCUT2D eigenvalue weighted by atomic mass is 10.1. The summed E-state index contributed by atoms with van der Waals surface area (Å²) in [6.45, 7) is 16.3. The second-order valence-corrected chi connectivity index (χ2v) is 25.2. The van der Waals surface area contributed by atoms with Crippen LogP contribution in [0.1, 0.15) is 0 Å². The van der Waals surface area contributed by atoms with Gasteiger partial charge in [-0.2, -0.15) is 10.2 Å². The van der Waals surface area contributed by atoms with Crippen molar-refractivity contribution in [1.29, 1.82) is 0 Å². The Labute approximate surface area is 271 Å². The first-order chi connectivity index (χ1) is 22.0. The molecule has 0 bridgehead atoms. The number of anilines is 2. The van der Waals surface area contributed by atoms with E-state index in [-0.39, 0.29) is 0 Å². The first kappa shape index (κ1) is 31.8. The number of aromatic amines is 1. The van der Waals surface area contributed by atoms with Gasteiger partial charge in [-0.25, -0.2) is 19.6 Å². The van der Waals surface area contributed by atoms with Crippen LogP contribution in [0.15, 0.2) is 67.1 Å². The fourth-order valence-electron chi connectivity index (χ4n) is 5.06. The van der Waals surface area contributed by atoms with Crippen LogP contribution in [0.4, 0.5) is 11.5 Å². The molecule has 2 N–H and O–H groups in total. The van der Waals surface area contributed by atoms with Crippen LogP contribution in [-0.2, 0) is 22.9 Å². The summed E-state index contributed by atoms with van der Waals surface area (Å²) in [7, 11) is -2.45. The fourth-order valence-corrected chi connectivity index (χ4v) is 6.57. The number of fused-ring (bicyclic) bond motifs is 2. The molecule has 46 heavy (non-hydrogen) atoms. The van der Waals surface area contributed by atoms with Crippen LogP contribution in [0.2, 0.25) is 51.4 Å². The maximum absolute atomic E-state index is 6.25. The topological polar surface area (TPSA) is 121 Å². The first-order valence-electron chi connectivity index (χ1n) is 15.8. The molecule has 0 aliphatic rings. The largest absolute Gasteiger partial charge is 0.361 e. The normalized spacial score (nSPS) is 12.4. The number of nitrogens with zero attached hydrogens (tertiary/aromatic N) is 7. The second-order valence-electron chi connectivity index (χ2n) is 14.0. The van der Waals surface area contributed by atoms with Gasteiger partial charge in [0.15, 0.2) is 17.3 Å². The lowest BCUT2D eigenvalue weighted by molar-refractivity contribution is 0.0786. The van der Waals surface area contributed by atoms with E-state index in [9.17, 15) is 0 Å². The molecular weight excluding hydrogens is 611 g/mol. The Morgan fingerprint density at radius 2 is 1.61 bits per heavy atom. The lowest BCUT2D eigenvalue weighted by Gasteiger charge is -2.16. The Bertz CT molecular complexity index is 1940. The Morgan fingerprint density at radius 3 is 2.39 bits per heavy atom. The second kappa shape index (κ2) is 13.3. The van der Waals surface area contributed by atoms with Gasteiger partial charge in [0.05, 0.1) is 34.6 Å². The summed E-state index contributed by atoms with van der Waals surface area (Å²) >= 11 is 0. The summed E-state index contributed by atoms with van der Waals surface area (Å²) in [5, 5.41) is 16.7. The van der Waals surface area contributed by atoms with E-state index in [4.69, 9.17) is 24.5 Å². The molecule has 0 spiro atoms. The Hall–Kier alpha value is -4.18. The minimum Gasteiger partial charge on any atom is -0.361 e. The summed E-state index contributed by atoms with van der Waals surface area (Å²) in [4.78, 5) is 14.5. The van der Waals surface area contributed by atoms with Gasteiger partial charge in [-0.15, -0.1) is 0 Å². The molecule has 6 aromatic rings. The number of rotatable bonds is 14. The van der Waals surface area contributed by atoms with E-state index in [1.54, 1.807) is 12.4 Å². The standard InChI is InChI=1S/C33H43N9O2Si2/c1-45(2,3)18-16-43-22-41-21-28(36-30-14-15-34-32(38-30)24-10-9-12-26-25(24)20-35-39-26)31(40-41)33-37-27-11-7-8-13-29(27)42(33)23-44-17-19-46(4,5)6/h7-15,20-21H,16-19,22-23H2,1-6H3,(H,35,39)(H,34,36,38). The van der Waals surface area contributed by atoms with Crippen LogP contribution in [0.5, 0.6) is 0 Å². The van der Waals surface area contributed by atoms with E-state index < -0.39 is 16.1 Å². The zero-order valence-corrected chi connectivity index (χ0v) is 29.5. The van der Waals surface area contributed by atoms with Crippen molar-refractivity contribution in [3.63, 3.8) is 0 Å². The van der Waals surface area contributed by atoms with Gasteiger partial charge in [0, 0.05) is 46.5 Å². The van der Waals surface area contributed by atoms with E-state index >= 15 is 0 Å². The average molecular weight is 654 g/mol. The van der Waals surface area contributed by atoms with Gasteiger partial charge in [-0.05, 0) is 36.4 Å². The quantitative estimate of drug-likeness (QED) is 0.0911. The van der Waals surface area contributed by atoms with Crippen molar-refractivity contribution in [3.8, 4) is 22.9 Å². The number of nitrogens with one attached hydrogen (secondary N) is 2. The minimum atomic E-state index is -1.23. The van der Waals surface area contributed by atoms with Gasteiger partial charge < -0.3 is 14.8 Å². The highest BCUT2D eigenvalue weighted by molar-refractivity contribution is 6.76. The first-order valence-corrected chi connectivity index (χ1v) is 23.2. The molecule has 0 unspecified atom stereocenters. The highest BCUT2D eigenvalue weighted by Crippen LogP contribution is 2.32. The van der Waals surface area contributed by atoms with Crippen LogP contribution in [0.25, 0.3) is 44.8 Å². The summed E-state index contributed by atoms with van der Waals surface area (Å²) in [6, 6.07) is 18.1. The van der Waals surface area contributed by atoms with Crippen molar-refractivity contribution in [3.05, 3.63) is 67.1 Å². The van der Waals surface area contributed by atoms with Crippen LogP contribution >= 0.6 is 0 Å². The van der Waals surface area contributed by atoms with Gasteiger partial charge in [-0.1, -0.05) is 63.5 Å². The van der Waals surface area contributed by atoms with Crippen LogP contribution in [-0.4, -0.2) is 68.9 Å². The van der Waals surface area contributed by atoms with Crippen LogP contribution in [0.3, 0.4) is 0 Å². The summed E-state index contributed by atoms with van der Waals surface area (Å²) < 4.78 is 16.3. The summed E-state index contributed by atoms with van der Waals surface area (Å²) in [5.41, 5.74) is 5.17. The predicted octanol–water partition coefficient (Wildman–Crippen LogP) is 7.60. The zero-order valence-electron chi connectivity index (χ0n) is 27.5. The molecule has 13 heteroatoms. The molecule has 2 aromatic carbocycles. The van der Waals surface area contributed by atoms with Gasteiger partial charge in [0.1, 0.15) is 19.3 Å². The molecule has 4 heterocycles. The van der Waals surface area contributed by atoms with Crippen molar-refractivity contribution >= 4 is 49.6 Å². The lowest BCUT2D eigenvalue weighted by Crippen LogP contribution is -2.22. The molecule has 0 saturated carbocycles. The van der Waals surface area contributed by atoms with Crippen molar-refractivity contribution in [2.45, 2.75) is 64.8 Å². The van der Waals surface area contributed by atoms with Crippen LogP contribution in [0, 0.1) is 0 Å². The maximum Gasteiger partial charge on any atom is 0.165 e. The number of imidazole rings is 1. The highest BCUT2D eigenvalue weighted by atomic mass is 28.3. The number of benzene rings is 2. The predicted molar refractivity (Wildman–Crippen MR) is 190 cm³/mol. The fraction of sp³-hybridized carbons (Fsp3) is 0.364. The average Bonchev–Trinajstić information content (AvgIpc) is 3.74. The van der Waals surface area contributed by atoms with Crippen molar-refractivity contribution in [2.75, 3.05) is 18.5 Å². The van der Waals surface area contributed by atoms with Crippen molar-refractivity contribution < 1.29 is 9.47 Å². The molecule has 6 rings (SSSR count). The monoisotopic (exact) mass is 653 g/mol. The van der Waals surface area contributed by atoms with Crippen molar-refractivity contribution in [2.24, 2.45) is 0 Å². The molecular formula is C33H43N9O2Si2. The number of aromatic nitrogens is 8. The summed E-state index contributed by atoms with van der Waals surface area (Å²) in [6.07, 6.45) is 5.52. The van der Waals surface area contributed by atoms with Gasteiger partial charge in [-0.3, -0.25) is 9.67 Å². The Morgan fingerprint density at radius 1 is 0.848 bits per heavy atom. The van der Waals surface area contributed by atoms with E-state index in [0.29, 0.717) is 44.0 Å². The highest BCUT2D eigenvalue weighted by Gasteiger charge is 2.22. The molecule has 4 aromatic heterocycles. The number of H-pyrrole nitrogens is 1. The number of ether oxygens (including phenoxy) is 2. The SMILES string of the molecule is C[Si](C)(C)CCOCn1cc(Nc2ccnc(-c3cccc4[nH]ncc34)n2)c(-c2nc3ccccc3n2COCC[Si](C)(C)C)n1. The smallest absolute Gasteiger partial charge is 0.165 e. The van der Waals surface area contributed by atoms with E-state index in [0.717, 1.165) is 51.1 Å². The third-order valence-corrected chi connectivity index (χ3v) is 11.1. The van der Waals surface area contributed by atoms with E-state index in [2.05, 4.69) is 70.4 Å². The summed E-state index contributed by atoms with van der Waals surface area (Å²) in [5.74, 6) is 1.96. The Kier molecular flexibility index (Phi) is 9.18. The van der Waals surface area contributed by atoms with Gasteiger partial charge >= 0.3 is 0 Å². The molecule has 240 valence electrons. The van der Waals surface area contributed by atoms with E-state index in [1.807, 2.05) is 53.3 Å². The maximum atomic E-state index is 6.25. The molecule has 0 aliphatic carbocycles. The van der Waals surface area contributed by atoms with Crippen molar-refractivity contribution in [1.82, 2.24) is 39.5 Å². The molecule has 0 atom stereocenters. The van der Waals surface area contributed by atoms with E-state index in [1.165, 1.54) is 0 Å². The molecule has 0 saturated heterocycles. The van der Waals surface area contributed by atoms with Gasteiger partial charge in [0.2, 0.25) is 0 Å². The Balaban J connectivity index is 1.35. The van der Waals surface area contributed by atoms with Crippen LogP contribution < -0.4 is 5.32 Å². The number of hydrogen-bond acceptors (Lipinski definition) is 8. The molecule has 0 amide bonds. The zero-order chi connectivity index (χ0) is 32.3. The number of para-hydroxylation sites is 2. The molecule has 11 nitrogen and oxygen atoms in total. The third kappa shape index (κ3) is 7.61.